The molecule has 33 heavy (non-hydrogen) atoms. The molecule has 182 valence electrons. The summed E-state index contributed by atoms with van der Waals surface area (Å²) in [5, 5.41) is 10.3. The van der Waals surface area contributed by atoms with Crippen molar-refractivity contribution in [1.29, 1.82) is 0 Å². The highest BCUT2D eigenvalue weighted by Crippen LogP contribution is 2.24. The predicted molar refractivity (Wildman–Crippen MR) is 140 cm³/mol. The van der Waals surface area contributed by atoms with E-state index in [0.717, 1.165) is 30.9 Å². The normalized spacial score (nSPS) is 11.2. The standard InChI is InChI=1S/C29H43NO3/c1-3-5-7-9-11-13-21-32-27-19-16-26(17-20-27)30-24-25-15-18-28(23-29(25)31)33-22-14-12-10-8-6-4-2/h15-20,23-24,31H,3-14,21-22H2,1-2H3. The van der Waals surface area contributed by atoms with Gasteiger partial charge in [-0.1, -0.05) is 78.1 Å². The molecule has 0 fully saturated rings. The molecule has 1 N–H and O–H groups in total. The van der Waals surface area contributed by atoms with Crippen LogP contribution in [0.1, 0.15) is 96.5 Å². The molecule has 0 spiro atoms. The van der Waals surface area contributed by atoms with E-state index in [9.17, 15) is 5.11 Å². The van der Waals surface area contributed by atoms with E-state index >= 15 is 0 Å². The fourth-order valence-electron chi connectivity index (χ4n) is 3.64. The van der Waals surface area contributed by atoms with Crippen molar-refractivity contribution in [1.82, 2.24) is 0 Å². The first-order valence-electron chi connectivity index (χ1n) is 13.0. The van der Waals surface area contributed by atoms with Crippen LogP contribution >= 0.6 is 0 Å². The van der Waals surface area contributed by atoms with E-state index < -0.39 is 0 Å². The summed E-state index contributed by atoms with van der Waals surface area (Å²) >= 11 is 0. The zero-order valence-corrected chi connectivity index (χ0v) is 20.7. The van der Waals surface area contributed by atoms with Crippen LogP contribution in [0.4, 0.5) is 5.69 Å². The fourth-order valence-corrected chi connectivity index (χ4v) is 3.64. The van der Waals surface area contributed by atoms with E-state index in [1.165, 1.54) is 64.2 Å². The number of unbranched alkanes of at least 4 members (excludes halogenated alkanes) is 10. The molecule has 0 unspecified atom stereocenters. The van der Waals surface area contributed by atoms with Crippen LogP contribution in [0.25, 0.3) is 0 Å². The van der Waals surface area contributed by atoms with Gasteiger partial charge in [0.25, 0.3) is 0 Å². The molecule has 0 atom stereocenters. The predicted octanol–water partition coefficient (Wildman–Crippen LogP) is 8.62. The van der Waals surface area contributed by atoms with E-state index in [2.05, 4.69) is 18.8 Å². The van der Waals surface area contributed by atoms with Crippen molar-refractivity contribution in [2.45, 2.75) is 90.9 Å². The summed E-state index contributed by atoms with van der Waals surface area (Å²) in [7, 11) is 0. The molecule has 0 aliphatic rings. The lowest BCUT2D eigenvalue weighted by Crippen LogP contribution is -1.97. The molecule has 0 aliphatic carbocycles. The Morgan fingerprint density at radius 3 is 1.76 bits per heavy atom. The van der Waals surface area contributed by atoms with Gasteiger partial charge in [-0.05, 0) is 49.2 Å². The maximum absolute atomic E-state index is 10.3. The largest absolute Gasteiger partial charge is 0.507 e. The molecule has 0 saturated heterocycles. The van der Waals surface area contributed by atoms with Crippen LogP contribution in [0, 0.1) is 0 Å². The first kappa shape index (κ1) is 26.8. The van der Waals surface area contributed by atoms with Crippen molar-refractivity contribution < 1.29 is 14.6 Å². The number of nitrogens with zero attached hydrogens (tertiary/aromatic N) is 1. The second-order valence-electron chi connectivity index (χ2n) is 8.71. The zero-order valence-electron chi connectivity index (χ0n) is 20.7. The van der Waals surface area contributed by atoms with Crippen LogP contribution < -0.4 is 9.47 Å². The highest BCUT2D eigenvalue weighted by atomic mass is 16.5. The minimum Gasteiger partial charge on any atom is -0.507 e. The van der Waals surface area contributed by atoms with Crippen LogP contribution in [0.2, 0.25) is 0 Å². The van der Waals surface area contributed by atoms with Gasteiger partial charge in [0.1, 0.15) is 17.2 Å². The van der Waals surface area contributed by atoms with Crippen molar-refractivity contribution >= 4 is 11.9 Å². The first-order chi connectivity index (χ1) is 16.2. The van der Waals surface area contributed by atoms with Gasteiger partial charge in [0.2, 0.25) is 0 Å². The minimum atomic E-state index is 0.179. The maximum Gasteiger partial charge on any atom is 0.128 e. The Labute approximate surface area is 201 Å². The van der Waals surface area contributed by atoms with E-state index in [-0.39, 0.29) is 5.75 Å². The molecule has 0 saturated carbocycles. The number of ether oxygens (including phenoxy) is 2. The molecule has 2 aromatic rings. The molecule has 2 aromatic carbocycles. The number of hydrogen-bond donors (Lipinski definition) is 1. The molecule has 0 aliphatic heterocycles. The molecule has 0 amide bonds. The van der Waals surface area contributed by atoms with Gasteiger partial charge in [-0.2, -0.15) is 0 Å². The lowest BCUT2D eigenvalue weighted by atomic mass is 10.1. The molecule has 4 nitrogen and oxygen atoms in total. The lowest BCUT2D eigenvalue weighted by molar-refractivity contribution is 0.302. The summed E-state index contributed by atoms with van der Waals surface area (Å²) in [5.74, 6) is 1.75. The number of benzene rings is 2. The van der Waals surface area contributed by atoms with E-state index in [1.807, 2.05) is 36.4 Å². The topological polar surface area (TPSA) is 51.0 Å². The number of aromatic hydroxyl groups is 1. The lowest BCUT2D eigenvalue weighted by Gasteiger charge is -2.08. The van der Waals surface area contributed by atoms with Crippen LogP contribution in [0.5, 0.6) is 17.2 Å². The van der Waals surface area contributed by atoms with Crippen LogP contribution in [-0.4, -0.2) is 24.5 Å². The van der Waals surface area contributed by atoms with Gasteiger partial charge < -0.3 is 14.6 Å². The number of hydrogen-bond acceptors (Lipinski definition) is 4. The third kappa shape index (κ3) is 11.8. The number of phenolic OH excluding ortho intramolecular Hbond substituents is 1. The SMILES string of the molecule is CCCCCCCCOc1ccc(N=Cc2ccc(OCCCCCCCC)cc2O)cc1. The highest BCUT2D eigenvalue weighted by Gasteiger charge is 2.02. The Balaban J connectivity index is 1.70. The number of aliphatic imine (C=N–C) groups is 1. The van der Waals surface area contributed by atoms with Crippen LogP contribution in [0.15, 0.2) is 47.5 Å². The first-order valence-corrected chi connectivity index (χ1v) is 13.0. The van der Waals surface area contributed by atoms with Crippen LogP contribution in [0.3, 0.4) is 0 Å². The number of rotatable bonds is 18. The number of phenols is 1. The van der Waals surface area contributed by atoms with Crippen molar-refractivity contribution in [3.63, 3.8) is 0 Å². The van der Waals surface area contributed by atoms with Gasteiger partial charge in [-0.25, -0.2) is 0 Å². The Bertz CT molecular complexity index is 786. The van der Waals surface area contributed by atoms with Gasteiger partial charge in [0, 0.05) is 17.8 Å². The monoisotopic (exact) mass is 453 g/mol. The van der Waals surface area contributed by atoms with E-state index in [0.29, 0.717) is 17.9 Å². The minimum absolute atomic E-state index is 0.179. The summed E-state index contributed by atoms with van der Waals surface area (Å²) in [6, 6.07) is 13.2. The Kier molecular flexibility index (Phi) is 13.8. The molecule has 2 rings (SSSR count). The molecule has 4 heteroatoms. The average Bonchev–Trinajstić information content (AvgIpc) is 2.83. The molecule has 0 radical (unpaired) electrons. The summed E-state index contributed by atoms with van der Waals surface area (Å²) in [4.78, 5) is 4.48. The van der Waals surface area contributed by atoms with Gasteiger partial charge in [0.05, 0.1) is 18.9 Å². The van der Waals surface area contributed by atoms with E-state index in [1.54, 1.807) is 12.3 Å². The third-order valence-electron chi connectivity index (χ3n) is 5.72. The maximum atomic E-state index is 10.3. The van der Waals surface area contributed by atoms with Crippen molar-refractivity contribution in [3.05, 3.63) is 48.0 Å². The van der Waals surface area contributed by atoms with Crippen molar-refractivity contribution in [3.8, 4) is 17.2 Å². The summed E-state index contributed by atoms with van der Waals surface area (Å²) in [5.41, 5.74) is 1.50. The fraction of sp³-hybridized carbons (Fsp3) is 0.552. The second kappa shape index (κ2) is 17.0. The smallest absolute Gasteiger partial charge is 0.128 e. The van der Waals surface area contributed by atoms with Crippen molar-refractivity contribution in [2.75, 3.05) is 13.2 Å². The van der Waals surface area contributed by atoms with Gasteiger partial charge in [-0.15, -0.1) is 0 Å². The molecule has 0 aromatic heterocycles. The van der Waals surface area contributed by atoms with Gasteiger partial charge >= 0.3 is 0 Å². The summed E-state index contributed by atoms with van der Waals surface area (Å²) in [6.07, 6.45) is 16.6. The molecular formula is C29H43NO3. The zero-order chi connectivity index (χ0) is 23.6. The molecular weight excluding hydrogens is 410 g/mol. The van der Waals surface area contributed by atoms with Crippen molar-refractivity contribution in [2.24, 2.45) is 4.99 Å². The highest BCUT2D eigenvalue weighted by molar-refractivity contribution is 5.85. The quantitative estimate of drug-likeness (QED) is 0.181. The van der Waals surface area contributed by atoms with Gasteiger partial charge in [0.15, 0.2) is 0 Å². The van der Waals surface area contributed by atoms with Gasteiger partial charge in [-0.3, -0.25) is 4.99 Å². The average molecular weight is 454 g/mol. The van der Waals surface area contributed by atoms with E-state index in [4.69, 9.17) is 9.47 Å². The Morgan fingerprint density at radius 2 is 1.18 bits per heavy atom. The summed E-state index contributed by atoms with van der Waals surface area (Å²) < 4.78 is 11.6. The third-order valence-corrected chi connectivity index (χ3v) is 5.72. The molecule has 0 heterocycles. The Hall–Kier alpha value is -2.49. The molecule has 0 bridgehead atoms. The second-order valence-corrected chi connectivity index (χ2v) is 8.71. The Morgan fingerprint density at radius 1 is 0.667 bits per heavy atom. The van der Waals surface area contributed by atoms with Crippen LogP contribution in [-0.2, 0) is 0 Å². The summed E-state index contributed by atoms with van der Waals surface area (Å²) in [6.45, 7) is 5.91.